The van der Waals surface area contributed by atoms with Crippen LogP contribution >= 0.6 is 15.9 Å². The summed E-state index contributed by atoms with van der Waals surface area (Å²) >= 11 is 3.59. The Kier molecular flexibility index (Phi) is 7.36. The van der Waals surface area contributed by atoms with E-state index in [1.165, 1.54) is 24.9 Å². The minimum atomic E-state index is -0.782. The minimum absolute atomic E-state index is 0.687. The number of benzene rings is 5. The average molecular weight is 633 g/mol. The number of piperidine rings is 1. The van der Waals surface area contributed by atoms with Gasteiger partial charge in [-0.25, -0.2) is 0 Å². The van der Waals surface area contributed by atoms with Gasteiger partial charge in [0.05, 0.1) is 14.2 Å². The molecule has 5 aromatic carbocycles. The number of methoxy groups -OCH3 is 2. The van der Waals surface area contributed by atoms with Crippen LogP contribution in [0.3, 0.4) is 0 Å². The first-order valence-corrected chi connectivity index (χ1v) is 15.7. The van der Waals surface area contributed by atoms with Crippen LogP contribution < -0.4 is 19.1 Å². The summed E-state index contributed by atoms with van der Waals surface area (Å²) in [6.07, 6.45) is 8.24. The van der Waals surface area contributed by atoms with E-state index in [-0.39, 0.29) is 0 Å². The Labute approximate surface area is 261 Å². The lowest BCUT2D eigenvalue weighted by molar-refractivity contribution is 0.161. The highest BCUT2D eigenvalue weighted by atomic mass is 79.9. The molecule has 0 aromatic heterocycles. The summed E-state index contributed by atoms with van der Waals surface area (Å²) in [6.45, 7) is 2.24. The summed E-state index contributed by atoms with van der Waals surface area (Å²) in [4.78, 5) is 2.49. The van der Waals surface area contributed by atoms with E-state index in [0.29, 0.717) is 11.5 Å². The van der Waals surface area contributed by atoms with Crippen molar-refractivity contribution >= 4 is 38.5 Å². The van der Waals surface area contributed by atoms with Crippen molar-refractivity contribution in [1.29, 1.82) is 0 Å². The Morgan fingerprint density at radius 2 is 1.37 bits per heavy atom. The van der Waals surface area contributed by atoms with Gasteiger partial charge in [-0.15, -0.1) is 0 Å². The smallest absolute Gasteiger partial charge is 0.178 e. The number of ether oxygens (including phenoxy) is 3. The summed E-state index contributed by atoms with van der Waals surface area (Å²) in [5.41, 5.74) is 5.86. The van der Waals surface area contributed by atoms with E-state index < -0.39 is 5.60 Å². The second-order valence-corrected chi connectivity index (χ2v) is 12.1. The third kappa shape index (κ3) is 4.96. The quantitative estimate of drug-likeness (QED) is 0.187. The first-order chi connectivity index (χ1) is 21.1. The molecule has 2 heterocycles. The third-order valence-electron chi connectivity index (χ3n) is 8.78. The van der Waals surface area contributed by atoms with Crippen LogP contribution in [0.15, 0.2) is 108 Å². The topological polar surface area (TPSA) is 30.9 Å². The Balaban J connectivity index is 1.42. The van der Waals surface area contributed by atoms with Crippen LogP contribution in [-0.2, 0) is 5.60 Å². The molecule has 1 atom stereocenters. The van der Waals surface area contributed by atoms with Crippen molar-refractivity contribution in [3.8, 4) is 28.4 Å². The van der Waals surface area contributed by atoms with Crippen molar-refractivity contribution in [3.63, 3.8) is 0 Å². The molecule has 1 unspecified atom stereocenters. The molecule has 0 spiro atoms. The van der Waals surface area contributed by atoms with Crippen molar-refractivity contribution in [2.45, 2.75) is 24.9 Å². The summed E-state index contributed by atoms with van der Waals surface area (Å²) in [7, 11) is 3.35. The standard InChI is InChI=1S/C38H34BrNO3/c1-41-36-24-33-31-19-20-38(27-9-5-3-6-10-27,28-13-17-30(18-14-28)40-21-7-4-8-22-40)43-35(31)23-32(34(33)25-37(36)42-2)26-11-15-29(39)16-12-26/h3,5-6,9-20,23-25H,4,7-8,21-22H2,1-2H3. The van der Waals surface area contributed by atoms with E-state index in [2.05, 4.69) is 130 Å². The molecule has 0 bridgehead atoms. The maximum Gasteiger partial charge on any atom is 0.178 e. The molecule has 1 fully saturated rings. The normalized spacial score (nSPS) is 17.8. The highest BCUT2D eigenvalue weighted by Crippen LogP contribution is 2.49. The van der Waals surface area contributed by atoms with Gasteiger partial charge >= 0.3 is 0 Å². The predicted octanol–water partition coefficient (Wildman–Crippen LogP) is 9.63. The molecule has 1 saturated heterocycles. The Morgan fingerprint density at radius 1 is 0.721 bits per heavy atom. The number of rotatable bonds is 6. The molecule has 0 amide bonds. The SMILES string of the molecule is COc1cc2c(-c3ccc(Br)cc3)cc3c(c2cc1OC)C=CC(c1ccccc1)(c1ccc(N2CCCCC2)cc1)O3. The van der Waals surface area contributed by atoms with Crippen LogP contribution in [0.5, 0.6) is 17.2 Å². The van der Waals surface area contributed by atoms with Gasteiger partial charge in [0.15, 0.2) is 17.1 Å². The zero-order chi connectivity index (χ0) is 29.4. The summed E-state index contributed by atoms with van der Waals surface area (Å²) in [5.74, 6) is 2.21. The summed E-state index contributed by atoms with van der Waals surface area (Å²) in [6, 6.07) is 34.2. The molecule has 5 heteroatoms. The monoisotopic (exact) mass is 631 g/mol. The number of halogens is 1. The van der Waals surface area contributed by atoms with Crippen molar-refractivity contribution in [3.05, 3.63) is 124 Å². The van der Waals surface area contributed by atoms with E-state index in [9.17, 15) is 0 Å². The Hall–Kier alpha value is -4.22. The van der Waals surface area contributed by atoms with Crippen molar-refractivity contribution in [1.82, 2.24) is 0 Å². The lowest BCUT2D eigenvalue weighted by atomic mass is 9.82. The van der Waals surface area contributed by atoms with Gasteiger partial charge in [0.25, 0.3) is 0 Å². The van der Waals surface area contributed by atoms with Crippen LogP contribution in [0.2, 0.25) is 0 Å². The van der Waals surface area contributed by atoms with Gasteiger partial charge in [-0.3, -0.25) is 0 Å². The number of anilines is 1. The first kappa shape index (κ1) is 27.6. The van der Waals surface area contributed by atoms with Crippen LogP contribution in [0.1, 0.15) is 36.0 Å². The van der Waals surface area contributed by atoms with Crippen LogP contribution in [-0.4, -0.2) is 27.3 Å². The van der Waals surface area contributed by atoms with Gasteiger partial charge in [-0.2, -0.15) is 0 Å². The average Bonchev–Trinajstić information content (AvgIpc) is 3.08. The highest BCUT2D eigenvalue weighted by molar-refractivity contribution is 9.10. The molecule has 216 valence electrons. The molecule has 0 aliphatic carbocycles. The molecule has 0 N–H and O–H groups in total. The third-order valence-corrected chi connectivity index (χ3v) is 9.30. The number of nitrogens with zero attached hydrogens (tertiary/aromatic N) is 1. The van der Waals surface area contributed by atoms with Crippen molar-refractivity contribution in [2.75, 3.05) is 32.2 Å². The van der Waals surface area contributed by atoms with E-state index in [0.717, 1.165) is 61.9 Å². The van der Waals surface area contributed by atoms with Gasteiger partial charge in [-0.1, -0.05) is 70.5 Å². The molecular formula is C38H34BrNO3. The molecule has 0 radical (unpaired) electrons. The van der Waals surface area contributed by atoms with Gasteiger partial charge in [0, 0.05) is 39.9 Å². The van der Waals surface area contributed by atoms with E-state index in [1.54, 1.807) is 14.2 Å². The summed E-state index contributed by atoms with van der Waals surface area (Å²) < 4.78 is 19.7. The van der Waals surface area contributed by atoms with Gasteiger partial charge in [0.2, 0.25) is 0 Å². The number of fused-ring (bicyclic) bond motifs is 3. The van der Waals surface area contributed by atoms with E-state index >= 15 is 0 Å². The number of hydrogen-bond acceptors (Lipinski definition) is 4. The highest BCUT2D eigenvalue weighted by Gasteiger charge is 2.38. The molecule has 2 aliphatic heterocycles. The Morgan fingerprint density at radius 3 is 2.05 bits per heavy atom. The van der Waals surface area contributed by atoms with Gasteiger partial charge in [-0.05, 0) is 95.8 Å². The van der Waals surface area contributed by atoms with E-state index in [4.69, 9.17) is 14.2 Å². The fraction of sp³-hybridized carbons (Fsp3) is 0.211. The van der Waals surface area contributed by atoms with Crippen molar-refractivity contribution < 1.29 is 14.2 Å². The predicted molar refractivity (Wildman–Crippen MR) is 180 cm³/mol. The van der Waals surface area contributed by atoms with Crippen LogP contribution in [0.4, 0.5) is 5.69 Å². The lowest BCUT2D eigenvalue weighted by Crippen LogP contribution is -2.34. The fourth-order valence-corrected chi connectivity index (χ4v) is 6.78. The molecule has 7 rings (SSSR count). The lowest BCUT2D eigenvalue weighted by Gasteiger charge is -2.37. The Bertz CT molecular complexity index is 1790. The fourth-order valence-electron chi connectivity index (χ4n) is 6.51. The van der Waals surface area contributed by atoms with Gasteiger partial charge in [0.1, 0.15) is 5.75 Å². The molecule has 4 nitrogen and oxygen atoms in total. The second-order valence-electron chi connectivity index (χ2n) is 11.2. The largest absolute Gasteiger partial charge is 0.493 e. The van der Waals surface area contributed by atoms with Crippen LogP contribution in [0, 0.1) is 0 Å². The molecule has 43 heavy (non-hydrogen) atoms. The molecule has 0 saturated carbocycles. The van der Waals surface area contributed by atoms with Gasteiger partial charge < -0.3 is 19.1 Å². The number of hydrogen-bond donors (Lipinski definition) is 0. The van der Waals surface area contributed by atoms with Crippen molar-refractivity contribution in [2.24, 2.45) is 0 Å². The van der Waals surface area contributed by atoms with Crippen LogP contribution in [0.25, 0.3) is 28.0 Å². The minimum Gasteiger partial charge on any atom is -0.493 e. The molecular weight excluding hydrogens is 598 g/mol. The second kappa shape index (κ2) is 11.5. The zero-order valence-electron chi connectivity index (χ0n) is 24.5. The molecule has 2 aliphatic rings. The molecule has 5 aromatic rings. The first-order valence-electron chi connectivity index (χ1n) is 14.9. The maximum absolute atomic E-state index is 7.22. The van der Waals surface area contributed by atoms with E-state index in [1.807, 2.05) is 0 Å². The maximum atomic E-state index is 7.22. The summed E-state index contributed by atoms with van der Waals surface area (Å²) in [5, 5.41) is 2.12. The zero-order valence-corrected chi connectivity index (χ0v) is 26.1.